The van der Waals surface area contributed by atoms with Crippen LogP contribution in [-0.2, 0) is 4.79 Å². The van der Waals surface area contributed by atoms with Crippen LogP contribution in [0.2, 0.25) is 0 Å². The van der Waals surface area contributed by atoms with Gasteiger partial charge < -0.3 is 9.47 Å². The van der Waals surface area contributed by atoms with Crippen molar-refractivity contribution in [1.82, 2.24) is 10.9 Å². The van der Waals surface area contributed by atoms with Gasteiger partial charge in [0.05, 0.1) is 11.1 Å². The SMILES string of the molecule is Cc1ccc(OC(C)C(=O)NNC(=O)c2ccc(OCC(C)C)c(Br)c2)cc1C. The van der Waals surface area contributed by atoms with Gasteiger partial charge in [-0.15, -0.1) is 0 Å². The number of rotatable bonds is 7. The molecule has 2 aromatic carbocycles. The summed E-state index contributed by atoms with van der Waals surface area (Å²) in [6.07, 6.45) is -0.768. The van der Waals surface area contributed by atoms with Crippen molar-refractivity contribution >= 4 is 27.7 Å². The molecule has 7 heteroatoms. The topological polar surface area (TPSA) is 76.7 Å². The number of nitrogens with one attached hydrogen (secondary N) is 2. The number of hydrazine groups is 1. The van der Waals surface area contributed by atoms with E-state index in [9.17, 15) is 9.59 Å². The number of carbonyl (C=O) groups is 2. The van der Waals surface area contributed by atoms with E-state index in [0.29, 0.717) is 34.1 Å². The third kappa shape index (κ3) is 6.78. The molecule has 0 saturated heterocycles. The van der Waals surface area contributed by atoms with Gasteiger partial charge in [0, 0.05) is 5.56 Å². The standard InChI is InChI=1S/C22H27BrN2O4/c1-13(2)12-28-20-9-7-17(11-19(20)23)22(27)25-24-21(26)16(5)29-18-8-6-14(3)15(4)10-18/h6-11,13,16H,12H2,1-5H3,(H,24,26)(H,25,27). The van der Waals surface area contributed by atoms with Crippen molar-refractivity contribution in [1.29, 1.82) is 0 Å². The lowest BCUT2D eigenvalue weighted by Crippen LogP contribution is -2.47. The molecule has 2 amide bonds. The van der Waals surface area contributed by atoms with E-state index >= 15 is 0 Å². The molecule has 0 heterocycles. The summed E-state index contributed by atoms with van der Waals surface area (Å²) in [5, 5.41) is 0. The van der Waals surface area contributed by atoms with Crippen molar-refractivity contribution in [2.75, 3.05) is 6.61 Å². The van der Waals surface area contributed by atoms with Crippen LogP contribution in [0.25, 0.3) is 0 Å². The molecule has 0 aliphatic carbocycles. The summed E-state index contributed by atoms with van der Waals surface area (Å²) in [4.78, 5) is 24.5. The van der Waals surface area contributed by atoms with Gasteiger partial charge in [0.15, 0.2) is 6.10 Å². The maximum atomic E-state index is 12.3. The van der Waals surface area contributed by atoms with E-state index < -0.39 is 17.9 Å². The molecule has 2 N–H and O–H groups in total. The largest absolute Gasteiger partial charge is 0.492 e. The van der Waals surface area contributed by atoms with Crippen molar-refractivity contribution < 1.29 is 19.1 Å². The van der Waals surface area contributed by atoms with E-state index in [1.807, 2.05) is 32.0 Å². The molecule has 0 aromatic heterocycles. The number of carbonyl (C=O) groups excluding carboxylic acids is 2. The zero-order valence-electron chi connectivity index (χ0n) is 17.3. The Labute approximate surface area is 180 Å². The third-order valence-electron chi connectivity index (χ3n) is 4.23. The Morgan fingerprint density at radius 1 is 1.00 bits per heavy atom. The van der Waals surface area contributed by atoms with E-state index in [0.717, 1.165) is 11.1 Å². The molecule has 2 aromatic rings. The van der Waals surface area contributed by atoms with E-state index in [4.69, 9.17) is 9.47 Å². The number of hydrogen-bond donors (Lipinski definition) is 2. The van der Waals surface area contributed by atoms with Crippen molar-refractivity contribution in [3.8, 4) is 11.5 Å². The van der Waals surface area contributed by atoms with E-state index in [1.165, 1.54) is 0 Å². The lowest BCUT2D eigenvalue weighted by molar-refractivity contribution is -0.128. The maximum Gasteiger partial charge on any atom is 0.279 e. The van der Waals surface area contributed by atoms with Crippen molar-refractivity contribution in [2.24, 2.45) is 5.92 Å². The molecule has 6 nitrogen and oxygen atoms in total. The molecule has 0 saturated carbocycles. The van der Waals surface area contributed by atoms with Gasteiger partial charge in [-0.25, -0.2) is 0 Å². The van der Waals surface area contributed by atoms with Crippen LogP contribution in [0, 0.1) is 19.8 Å². The van der Waals surface area contributed by atoms with Gasteiger partial charge in [-0.3, -0.25) is 20.4 Å². The summed E-state index contributed by atoms with van der Waals surface area (Å²) in [7, 11) is 0. The smallest absolute Gasteiger partial charge is 0.279 e. The molecule has 0 radical (unpaired) electrons. The fraction of sp³-hybridized carbons (Fsp3) is 0.364. The molecule has 0 fully saturated rings. The molecule has 0 spiro atoms. The average Bonchev–Trinajstić information content (AvgIpc) is 2.67. The summed E-state index contributed by atoms with van der Waals surface area (Å²) in [6.45, 7) is 10.3. The van der Waals surface area contributed by atoms with Crippen molar-refractivity contribution in [2.45, 2.75) is 40.7 Å². The molecule has 1 unspecified atom stereocenters. The zero-order valence-corrected chi connectivity index (χ0v) is 18.9. The number of aryl methyl sites for hydroxylation is 2. The Bertz CT molecular complexity index is 883. The highest BCUT2D eigenvalue weighted by Gasteiger charge is 2.17. The highest BCUT2D eigenvalue weighted by molar-refractivity contribution is 9.10. The number of ether oxygens (including phenoxy) is 2. The average molecular weight is 463 g/mol. The summed E-state index contributed by atoms with van der Waals surface area (Å²) >= 11 is 3.40. The predicted octanol–water partition coefficient (Wildman–Crippen LogP) is 4.33. The van der Waals surface area contributed by atoms with Crippen molar-refractivity contribution in [3.05, 3.63) is 57.6 Å². The minimum absolute atomic E-state index is 0.386. The van der Waals surface area contributed by atoms with Crippen LogP contribution in [0.3, 0.4) is 0 Å². The van der Waals surface area contributed by atoms with Gasteiger partial charge in [0.1, 0.15) is 11.5 Å². The second-order valence-corrected chi connectivity index (χ2v) is 8.15. The highest BCUT2D eigenvalue weighted by atomic mass is 79.9. The van der Waals surface area contributed by atoms with Gasteiger partial charge in [0.25, 0.3) is 11.8 Å². The Hall–Kier alpha value is -2.54. The minimum atomic E-state index is -0.768. The maximum absolute atomic E-state index is 12.3. The van der Waals surface area contributed by atoms with E-state index in [1.54, 1.807) is 25.1 Å². The highest BCUT2D eigenvalue weighted by Crippen LogP contribution is 2.26. The zero-order chi connectivity index (χ0) is 21.6. The first kappa shape index (κ1) is 22.7. The quantitative estimate of drug-likeness (QED) is 0.600. The van der Waals surface area contributed by atoms with Crippen LogP contribution in [0.5, 0.6) is 11.5 Å². The molecular weight excluding hydrogens is 436 g/mol. The molecule has 0 bridgehead atoms. The van der Waals surface area contributed by atoms with Gasteiger partial charge in [0.2, 0.25) is 0 Å². The monoisotopic (exact) mass is 462 g/mol. The first-order valence-corrected chi connectivity index (χ1v) is 10.2. The molecule has 0 aliphatic heterocycles. The van der Waals surface area contributed by atoms with Crippen LogP contribution in [-0.4, -0.2) is 24.5 Å². The van der Waals surface area contributed by atoms with Crippen LogP contribution in [0.4, 0.5) is 0 Å². The number of amides is 2. The number of benzene rings is 2. The summed E-state index contributed by atoms with van der Waals surface area (Å²) in [6, 6.07) is 10.6. The van der Waals surface area contributed by atoms with Gasteiger partial charge in [-0.05, 0) is 84.1 Å². The van der Waals surface area contributed by atoms with Crippen molar-refractivity contribution in [3.63, 3.8) is 0 Å². The lowest BCUT2D eigenvalue weighted by Gasteiger charge is -2.16. The van der Waals surface area contributed by atoms with Gasteiger partial charge >= 0.3 is 0 Å². The Morgan fingerprint density at radius 3 is 2.34 bits per heavy atom. The van der Waals surface area contributed by atoms with Gasteiger partial charge in [-0.1, -0.05) is 19.9 Å². The van der Waals surface area contributed by atoms with Crippen LogP contribution in [0.15, 0.2) is 40.9 Å². The molecule has 2 rings (SSSR count). The third-order valence-corrected chi connectivity index (χ3v) is 4.85. The molecular formula is C22H27BrN2O4. The normalized spacial score (nSPS) is 11.7. The van der Waals surface area contributed by atoms with E-state index in [2.05, 4.69) is 40.6 Å². The second-order valence-electron chi connectivity index (χ2n) is 7.30. The summed E-state index contributed by atoms with van der Waals surface area (Å²) in [5.41, 5.74) is 7.40. The number of halogens is 1. The first-order valence-electron chi connectivity index (χ1n) is 9.43. The van der Waals surface area contributed by atoms with Crippen LogP contribution >= 0.6 is 15.9 Å². The summed E-state index contributed by atoms with van der Waals surface area (Å²) in [5.74, 6) is 0.770. The predicted molar refractivity (Wildman–Crippen MR) is 116 cm³/mol. The Balaban J connectivity index is 1.89. The van der Waals surface area contributed by atoms with Crippen LogP contribution in [0.1, 0.15) is 42.3 Å². The van der Waals surface area contributed by atoms with E-state index in [-0.39, 0.29) is 0 Å². The molecule has 156 valence electrons. The number of hydrogen-bond acceptors (Lipinski definition) is 4. The molecule has 1 atom stereocenters. The summed E-state index contributed by atoms with van der Waals surface area (Å²) < 4.78 is 12.0. The first-order chi connectivity index (χ1) is 13.7. The molecule has 29 heavy (non-hydrogen) atoms. The minimum Gasteiger partial charge on any atom is -0.492 e. The Morgan fingerprint density at radius 2 is 1.72 bits per heavy atom. The second kappa shape index (κ2) is 10.3. The Kier molecular flexibility index (Phi) is 8.08. The molecule has 0 aliphatic rings. The lowest BCUT2D eigenvalue weighted by atomic mass is 10.1. The fourth-order valence-corrected chi connectivity index (χ4v) is 2.85. The fourth-order valence-electron chi connectivity index (χ4n) is 2.35. The van der Waals surface area contributed by atoms with Crippen LogP contribution < -0.4 is 20.3 Å². The van der Waals surface area contributed by atoms with Gasteiger partial charge in [-0.2, -0.15) is 0 Å².